The number of nitrogens with two attached hydrogens (primary N) is 1. The third-order valence-electron chi connectivity index (χ3n) is 2.22. The van der Waals surface area contributed by atoms with Gasteiger partial charge in [-0.2, -0.15) is 0 Å². The van der Waals surface area contributed by atoms with Crippen LogP contribution in [0.3, 0.4) is 0 Å². The Bertz CT molecular complexity index is 445. The van der Waals surface area contributed by atoms with Gasteiger partial charge in [-0.05, 0) is 18.1 Å². The quantitative estimate of drug-likeness (QED) is 0.648. The zero-order valence-electron chi connectivity index (χ0n) is 8.84. The second-order valence-corrected chi connectivity index (χ2v) is 4.46. The van der Waals surface area contributed by atoms with Crippen LogP contribution in [-0.4, -0.2) is 15.7 Å². The molecule has 1 heterocycles. The van der Waals surface area contributed by atoms with Crippen molar-refractivity contribution in [2.75, 3.05) is 11.5 Å². The second kappa shape index (κ2) is 5.51. The Kier molecular flexibility index (Phi) is 3.77. The summed E-state index contributed by atoms with van der Waals surface area (Å²) in [5.41, 5.74) is 7.92. The summed E-state index contributed by atoms with van der Waals surface area (Å²) in [6, 6.07) is 7.96. The van der Waals surface area contributed by atoms with Crippen molar-refractivity contribution >= 4 is 17.4 Å². The van der Waals surface area contributed by atoms with E-state index in [4.69, 9.17) is 5.73 Å². The molecule has 0 unspecified atom stereocenters. The Hall–Kier alpha value is -1.55. The first-order valence-corrected chi connectivity index (χ1v) is 6.07. The zero-order valence-corrected chi connectivity index (χ0v) is 9.65. The van der Waals surface area contributed by atoms with Gasteiger partial charge in [0.2, 0.25) is 0 Å². The lowest BCUT2D eigenvalue weighted by Gasteiger charge is -2.04. The van der Waals surface area contributed by atoms with E-state index in [9.17, 15) is 0 Å². The first-order valence-electron chi connectivity index (χ1n) is 5.08. The highest BCUT2D eigenvalue weighted by atomic mass is 32.2. The molecule has 3 nitrogen and oxygen atoms in total. The molecule has 2 rings (SSSR count). The molecule has 2 aromatic rings. The highest BCUT2D eigenvalue weighted by Crippen LogP contribution is 2.17. The standard InChI is InChI=1S/C12H13N3S/c13-11-4-2-1-3-10(11)5-8-16-12-9-14-6-7-15-12/h1-4,6-7,9H,5,8,13H2. The first kappa shape index (κ1) is 11.0. The van der Waals surface area contributed by atoms with E-state index >= 15 is 0 Å². The Balaban J connectivity index is 1.87. The van der Waals surface area contributed by atoms with Crippen LogP contribution in [0.2, 0.25) is 0 Å². The van der Waals surface area contributed by atoms with E-state index in [2.05, 4.69) is 16.0 Å². The molecule has 4 heteroatoms. The Morgan fingerprint density at radius 1 is 1.19 bits per heavy atom. The van der Waals surface area contributed by atoms with Crippen molar-refractivity contribution in [2.24, 2.45) is 0 Å². The summed E-state index contributed by atoms with van der Waals surface area (Å²) in [5, 5.41) is 0.956. The SMILES string of the molecule is Nc1ccccc1CCSc1cnccn1. The summed E-state index contributed by atoms with van der Waals surface area (Å²) in [5.74, 6) is 0.965. The van der Waals surface area contributed by atoms with Crippen molar-refractivity contribution in [3.63, 3.8) is 0 Å². The number of nitrogen functional groups attached to an aromatic ring is 1. The molecular weight excluding hydrogens is 218 g/mol. The summed E-state index contributed by atoms with van der Waals surface area (Å²) in [7, 11) is 0. The van der Waals surface area contributed by atoms with Gasteiger partial charge in [-0.15, -0.1) is 11.8 Å². The average molecular weight is 231 g/mol. The van der Waals surface area contributed by atoms with Crippen LogP contribution in [0.4, 0.5) is 5.69 Å². The van der Waals surface area contributed by atoms with Crippen LogP contribution >= 0.6 is 11.8 Å². The molecule has 0 radical (unpaired) electrons. The fourth-order valence-electron chi connectivity index (χ4n) is 1.39. The number of benzene rings is 1. The fraction of sp³-hybridized carbons (Fsp3) is 0.167. The summed E-state index contributed by atoms with van der Waals surface area (Å²) in [4.78, 5) is 8.22. The lowest BCUT2D eigenvalue weighted by atomic mass is 10.1. The topological polar surface area (TPSA) is 51.8 Å². The van der Waals surface area contributed by atoms with Gasteiger partial charge in [-0.3, -0.25) is 4.98 Å². The van der Waals surface area contributed by atoms with E-state index < -0.39 is 0 Å². The molecule has 16 heavy (non-hydrogen) atoms. The summed E-state index contributed by atoms with van der Waals surface area (Å²) >= 11 is 1.69. The minimum atomic E-state index is 0.863. The molecule has 0 spiro atoms. The van der Waals surface area contributed by atoms with Crippen LogP contribution in [0.1, 0.15) is 5.56 Å². The zero-order chi connectivity index (χ0) is 11.2. The highest BCUT2D eigenvalue weighted by Gasteiger charge is 1.99. The van der Waals surface area contributed by atoms with Gasteiger partial charge < -0.3 is 5.73 Å². The van der Waals surface area contributed by atoms with Gasteiger partial charge in [-0.25, -0.2) is 4.98 Å². The van der Waals surface area contributed by atoms with Gasteiger partial charge in [0.15, 0.2) is 0 Å². The number of nitrogens with zero attached hydrogens (tertiary/aromatic N) is 2. The number of anilines is 1. The second-order valence-electron chi connectivity index (χ2n) is 3.34. The molecular formula is C12H13N3S. The van der Waals surface area contributed by atoms with Crippen LogP contribution in [0, 0.1) is 0 Å². The Morgan fingerprint density at radius 3 is 2.81 bits per heavy atom. The fourth-order valence-corrected chi connectivity index (χ4v) is 2.19. The number of aromatic nitrogens is 2. The van der Waals surface area contributed by atoms with Crippen molar-refractivity contribution in [3.8, 4) is 0 Å². The molecule has 1 aromatic heterocycles. The normalized spacial score (nSPS) is 10.2. The maximum atomic E-state index is 5.86. The molecule has 0 saturated carbocycles. The van der Waals surface area contributed by atoms with Crippen molar-refractivity contribution in [2.45, 2.75) is 11.4 Å². The third-order valence-corrected chi connectivity index (χ3v) is 3.13. The van der Waals surface area contributed by atoms with Crippen LogP contribution in [0.5, 0.6) is 0 Å². The predicted molar refractivity (Wildman–Crippen MR) is 67.3 cm³/mol. The molecule has 82 valence electrons. The van der Waals surface area contributed by atoms with Crippen molar-refractivity contribution in [1.82, 2.24) is 9.97 Å². The number of hydrogen-bond donors (Lipinski definition) is 1. The van der Waals surface area contributed by atoms with Crippen LogP contribution in [0.25, 0.3) is 0 Å². The number of para-hydroxylation sites is 1. The maximum Gasteiger partial charge on any atom is 0.114 e. The molecule has 0 amide bonds. The minimum absolute atomic E-state index is 0.863. The van der Waals surface area contributed by atoms with Crippen LogP contribution in [-0.2, 0) is 6.42 Å². The molecule has 0 atom stereocenters. The molecule has 0 aliphatic heterocycles. The minimum Gasteiger partial charge on any atom is -0.399 e. The summed E-state index contributed by atoms with van der Waals surface area (Å²) < 4.78 is 0. The van der Waals surface area contributed by atoms with Crippen LogP contribution < -0.4 is 5.73 Å². The van der Waals surface area contributed by atoms with Gasteiger partial charge >= 0.3 is 0 Å². The largest absolute Gasteiger partial charge is 0.399 e. The van der Waals surface area contributed by atoms with Crippen molar-refractivity contribution in [1.29, 1.82) is 0 Å². The average Bonchev–Trinajstić information content (AvgIpc) is 2.33. The van der Waals surface area contributed by atoms with Crippen LogP contribution in [0.15, 0.2) is 47.9 Å². The van der Waals surface area contributed by atoms with E-state index in [0.717, 1.165) is 22.9 Å². The third kappa shape index (κ3) is 2.97. The van der Waals surface area contributed by atoms with Gasteiger partial charge in [0, 0.05) is 23.8 Å². The highest BCUT2D eigenvalue weighted by molar-refractivity contribution is 7.99. The monoisotopic (exact) mass is 231 g/mol. The van der Waals surface area contributed by atoms with E-state index in [1.165, 1.54) is 5.56 Å². The van der Waals surface area contributed by atoms with Gasteiger partial charge in [0.05, 0.1) is 6.20 Å². The molecule has 1 aromatic carbocycles. The van der Waals surface area contributed by atoms with Crippen molar-refractivity contribution < 1.29 is 0 Å². The Morgan fingerprint density at radius 2 is 2.06 bits per heavy atom. The molecule has 0 aliphatic rings. The summed E-state index contributed by atoms with van der Waals surface area (Å²) in [6.45, 7) is 0. The number of aryl methyl sites for hydroxylation is 1. The molecule has 0 aliphatic carbocycles. The van der Waals surface area contributed by atoms with Gasteiger partial charge in [0.1, 0.15) is 5.03 Å². The molecule has 0 fully saturated rings. The number of hydrogen-bond acceptors (Lipinski definition) is 4. The lowest BCUT2D eigenvalue weighted by molar-refractivity contribution is 1.05. The Labute approximate surface area is 99.1 Å². The van der Waals surface area contributed by atoms with E-state index in [0.29, 0.717) is 0 Å². The lowest BCUT2D eigenvalue weighted by Crippen LogP contribution is -1.95. The summed E-state index contributed by atoms with van der Waals surface area (Å²) in [6.07, 6.45) is 6.12. The molecule has 0 saturated heterocycles. The maximum absolute atomic E-state index is 5.86. The number of rotatable bonds is 4. The van der Waals surface area contributed by atoms with Crippen molar-refractivity contribution in [3.05, 3.63) is 48.4 Å². The predicted octanol–water partition coefficient (Wildman–Crippen LogP) is 2.39. The first-order chi connectivity index (χ1) is 7.86. The van der Waals surface area contributed by atoms with Gasteiger partial charge in [0.25, 0.3) is 0 Å². The van der Waals surface area contributed by atoms with Gasteiger partial charge in [-0.1, -0.05) is 18.2 Å². The number of thioether (sulfide) groups is 1. The van der Waals surface area contributed by atoms with E-state index in [1.54, 1.807) is 30.4 Å². The molecule has 2 N–H and O–H groups in total. The van der Waals surface area contributed by atoms with E-state index in [-0.39, 0.29) is 0 Å². The van der Waals surface area contributed by atoms with E-state index in [1.807, 2.05) is 18.2 Å². The smallest absolute Gasteiger partial charge is 0.114 e. The molecule has 0 bridgehead atoms.